The van der Waals surface area contributed by atoms with E-state index in [1.54, 1.807) is 0 Å². The molecule has 2 N–H and O–H groups in total. The van der Waals surface area contributed by atoms with E-state index in [1.165, 1.54) is 19.2 Å². The van der Waals surface area contributed by atoms with Crippen LogP contribution in [0.25, 0.3) is 0 Å². The Kier molecular flexibility index (Phi) is 4.05. The summed E-state index contributed by atoms with van der Waals surface area (Å²) in [6.07, 6.45) is 0. The summed E-state index contributed by atoms with van der Waals surface area (Å²) in [5.74, 6) is -1.55. The molecule has 15 heavy (non-hydrogen) atoms. The van der Waals surface area contributed by atoms with E-state index in [2.05, 4.69) is 5.32 Å². The molecule has 0 aromatic heterocycles. The van der Waals surface area contributed by atoms with Crippen LogP contribution in [0.3, 0.4) is 0 Å². The second-order valence-corrected chi connectivity index (χ2v) is 2.92. The first-order valence-electron chi connectivity index (χ1n) is 4.41. The van der Waals surface area contributed by atoms with Gasteiger partial charge in [0.1, 0.15) is 5.82 Å². The van der Waals surface area contributed by atoms with Gasteiger partial charge in [-0.3, -0.25) is 0 Å². The van der Waals surface area contributed by atoms with Crippen molar-refractivity contribution in [2.24, 2.45) is 0 Å². The van der Waals surface area contributed by atoms with Gasteiger partial charge in [0.15, 0.2) is 0 Å². The Morgan fingerprint density at radius 1 is 1.60 bits per heavy atom. The van der Waals surface area contributed by atoms with Crippen molar-refractivity contribution in [2.45, 2.75) is 0 Å². The molecule has 0 aliphatic heterocycles. The average molecular weight is 213 g/mol. The van der Waals surface area contributed by atoms with Crippen molar-refractivity contribution in [2.75, 3.05) is 25.6 Å². The molecule has 0 heterocycles. The van der Waals surface area contributed by atoms with Gasteiger partial charge in [-0.25, -0.2) is 9.18 Å². The summed E-state index contributed by atoms with van der Waals surface area (Å²) in [6, 6.07) is 3.60. The number of nitrogens with one attached hydrogen (secondary N) is 1. The molecule has 0 aliphatic rings. The molecule has 0 amide bonds. The Balaban J connectivity index is 2.76. The lowest BCUT2D eigenvalue weighted by Crippen LogP contribution is -2.09. The molecular weight excluding hydrogens is 201 g/mol. The van der Waals surface area contributed by atoms with Crippen molar-refractivity contribution in [1.82, 2.24) is 0 Å². The van der Waals surface area contributed by atoms with Gasteiger partial charge in [0.2, 0.25) is 0 Å². The summed E-state index contributed by atoms with van der Waals surface area (Å²) in [5, 5.41) is 11.4. The number of aromatic carboxylic acids is 1. The van der Waals surface area contributed by atoms with Crippen LogP contribution in [0.5, 0.6) is 0 Å². The standard InChI is InChI=1S/C10H12FNO3/c1-15-5-4-12-9-6-7(10(13)14)2-3-8(9)11/h2-3,6,12H,4-5H2,1H3,(H,13,14). The molecule has 0 radical (unpaired) electrons. The maximum atomic E-state index is 13.2. The summed E-state index contributed by atoms with van der Waals surface area (Å²) >= 11 is 0. The number of benzene rings is 1. The van der Waals surface area contributed by atoms with Crippen LogP contribution in [-0.2, 0) is 4.74 Å². The normalized spacial score (nSPS) is 10.0. The number of carbonyl (C=O) groups is 1. The number of ether oxygens (including phenoxy) is 1. The first-order valence-corrected chi connectivity index (χ1v) is 4.41. The predicted molar refractivity (Wildman–Crippen MR) is 53.7 cm³/mol. The third-order valence-corrected chi connectivity index (χ3v) is 1.83. The highest BCUT2D eigenvalue weighted by Crippen LogP contribution is 2.15. The smallest absolute Gasteiger partial charge is 0.335 e. The highest BCUT2D eigenvalue weighted by Gasteiger charge is 2.07. The first kappa shape index (κ1) is 11.5. The Labute approximate surface area is 86.7 Å². The van der Waals surface area contributed by atoms with E-state index < -0.39 is 11.8 Å². The van der Waals surface area contributed by atoms with Gasteiger partial charge in [-0.2, -0.15) is 0 Å². The molecule has 0 aliphatic carbocycles. The minimum atomic E-state index is -1.08. The third kappa shape index (κ3) is 3.21. The highest BCUT2D eigenvalue weighted by atomic mass is 19.1. The quantitative estimate of drug-likeness (QED) is 0.729. The Morgan fingerprint density at radius 2 is 2.33 bits per heavy atom. The fourth-order valence-electron chi connectivity index (χ4n) is 1.08. The van der Waals surface area contributed by atoms with Gasteiger partial charge in [-0.1, -0.05) is 0 Å². The molecule has 5 heteroatoms. The number of anilines is 1. The summed E-state index contributed by atoms with van der Waals surface area (Å²) in [4.78, 5) is 10.6. The number of carboxylic acids is 1. The molecule has 4 nitrogen and oxygen atoms in total. The van der Waals surface area contributed by atoms with Crippen molar-refractivity contribution in [3.63, 3.8) is 0 Å². The lowest BCUT2D eigenvalue weighted by molar-refractivity contribution is 0.0697. The SMILES string of the molecule is COCCNc1cc(C(=O)O)ccc1F. The van der Waals surface area contributed by atoms with E-state index in [0.29, 0.717) is 13.2 Å². The zero-order valence-corrected chi connectivity index (χ0v) is 8.29. The Bertz CT molecular complexity index is 355. The third-order valence-electron chi connectivity index (χ3n) is 1.83. The molecule has 1 aromatic rings. The van der Waals surface area contributed by atoms with Gasteiger partial charge in [0.25, 0.3) is 0 Å². The lowest BCUT2D eigenvalue weighted by atomic mass is 10.2. The maximum absolute atomic E-state index is 13.2. The summed E-state index contributed by atoms with van der Waals surface area (Å²) < 4.78 is 17.9. The number of carboxylic acid groups (broad SMARTS) is 1. The fraction of sp³-hybridized carbons (Fsp3) is 0.300. The molecule has 82 valence electrons. The molecule has 0 atom stereocenters. The van der Waals surface area contributed by atoms with Crippen molar-refractivity contribution in [1.29, 1.82) is 0 Å². The lowest BCUT2D eigenvalue weighted by Gasteiger charge is -2.07. The van der Waals surface area contributed by atoms with Gasteiger partial charge < -0.3 is 15.2 Å². The van der Waals surface area contributed by atoms with Crippen LogP contribution >= 0.6 is 0 Å². The van der Waals surface area contributed by atoms with Crippen molar-refractivity contribution in [3.05, 3.63) is 29.6 Å². The molecule has 0 bridgehead atoms. The predicted octanol–water partition coefficient (Wildman–Crippen LogP) is 1.58. The van der Waals surface area contributed by atoms with E-state index in [0.717, 1.165) is 6.07 Å². The minimum Gasteiger partial charge on any atom is -0.478 e. The number of rotatable bonds is 5. The zero-order chi connectivity index (χ0) is 11.3. The Hall–Kier alpha value is -1.62. The van der Waals surface area contributed by atoms with Crippen molar-refractivity contribution in [3.8, 4) is 0 Å². The second-order valence-electron chi connectivity index (χ2n) is 2.92. The van der Waals surface area contributed by atoms with Gasteiger partial charge in [-0.15, -0.1) is 0 Å². The maximum Gasteiger partial charge on any atom is 0.335 e. The second kappa shape index (κ2) is 5.31. The van der Waals surface area contributed by atoms with Gasteiger partial charge in [0, 0.05) is 13.7 Å². The molecule has 0 saturated carbocycles. The van der Waals surface area contributed by atoms with Gasteiger partial charge >= 0.3 is 5.97 Å². The summed E-state index contributed by atoms with van der Waals surface area (Å²) in [7, 11) is 1.53. The molecule has 1 rings (SSSR count). The van der Waals surface area contributed by atoms with E-state index in [4.69, 9.17) is 9.84 Å². The van der Waals surface area contributed by atoms with Crippen LogP contribution in [0.4, 0.5) is 10.1 Å². The zero-order valence-electron chi connectivity index (χ0n) is 8.29. The topological polar surface area (TPSA) is 58.6 Å². The van der Waals surface area contributed by atoms with E-state index in [9.17, 15) is 9.18 Å². The number of methoxy groups -OCH3 is 1. The monoisotopic (exact) mass is 213 g/mol. The van der Waals surface area contributed by atoms with Crippen LogP contribution in [-0.4, -0.2) is 31.3 Å². The van der Waals surface area contributed by atoms with Gasteiger partial charge in [-0.05, 0) is 18.2 Å². The average Bonchev–Trinajstić information content (AvgIpc) is 2.20. The van der Waals surface area contributed by atoms with E-state index in [1.807, 2.05) is 0 Å². The highest BCUT2D eigenvalue weighted by molar-refractivity contribution is 5.88. The summed E-state index contributed by atoms with van der Waals surface area (Å²) in [5.41, 5.74) is 0.225. The molecular formula is C10H12FNO3. The van der Waals surface area contributed by atoms with Crippen molar-refractivity contribution < 1.29 is 19.0 Å². The molecule has 1 aromatic carbocycles. The molecule has 0 saturated heterocycles. The number of hydrogen-bond donors (Lipinski definition) is 2. The van der Waals surface area contributed by atoms with Crippen LogP contribution in [0, 0.1) is 5.82 Å². The summed E-state index contributed by atoms with van der Waals surface area (Å²) in [6.45, 7) is 0.854. The molecule has 0 spiro atoms. The van der Waals surface area contributed by atoms with Crippen LogP contribution in [0.1, 0.15) is 10.4 Å². The largest absolute Gasteiger partial charge is 0.478 e. The molecule has 0 fully saturated rings. The van der Waals surface area contributed by atoms with Crippen molar-refractivity contribution >= 4 is 11.7 Å². The van der Waals surface area contributed by atoms with E-state index in [-0.39, 0.29) is 11.3 Å². The van der Waals surface area contributed by atoms with Crippen LogP contribution in [0.2, 0.25) is 0 Å². The fourth-order valence-corrected chi connectivity index (χ4v) is 1.08. The first-order chi connectivity index (χ1) is 7.15. The van der Waals surface area contributed by atoms with E-state index >= 15 is 0 Å². The van der Waals surface area contributed by atoms with Gasteiger partial charge in [0.05, 0.1) is 17.9 Å². The number of hydrogen-bond acceptors (Lipinski definition) is 3. The van der Waals surface area contributed by atoms with Crippen LogP contribution in [0.15, 0.2) is 18.2 Å². The minimum absolute atomic E-state index is 0.0521. The Morgan fingerprint density at radius 3 is 2.93 bits per heavy atom. The number of halogens is 1. The molecule has 0 unspecified atom stereocenters. The van der Waals surface area contributed by atoms with Crippen LogP contribution < -0.4 is 5.32 Å².